The lowest BCUT2D eigenvalue weighted by atomic mass is 10.1. The predicted molar refractivity (Wildman–Crippen MR) is 99.2 cm³/mol. The number of fused-ring (bicyclic) bond motifs is 1. The summed E-state index contributed by atoms with van der Waals surface area (Å²) in [5, 5.41) is 3.42. The highest BCUT2D eigenvalue weighted by atomic mass is 16.5. The smallest absolute Gasteiger partial charge is 0.310 e. The lowest BCUT2D eigenvalue weighted by molar-refractivity contribution is -0.146. The molecule has 0 atom stereocenters. The molecule has 3 aromatic rings. The first-order valence-corrected chi connectivity index (χ1v) is 8.24. The number of rotatable bonds is 6. The largest absolute Gasteiger partial charge is 0.464 e. The van der Waals surface area contributed by atoms with Gasteiger partial charge >= 0.3 is 5.97 Å². The van der Waals surface area contributed by atoms with E-state index in [2.05, 4.69) is 5.32 Å². The second kappa shape index (κ2) is 7.74. The van der Waals surface area contributed by atoms with Gasteiger partial charge in [-0.2, -0.15) is 0 Å². The van der Waals surface area contributed by atoms with Gasteiger partial charge in [0.1, 0.15) is 5.58 Å². The van der Waals surface area contributed by atoms with Crippen LogP contribution in [0.25, 0.3) is 11.0 Å². The normalized spacial score (nSPS) is 10.6. The van der Waals surface area contributed by atoms with Crippen molar-refractivity contribution in [1.82, 2.24) is 0 Å². The highest BCUT2D eigenvalue weighted by Gasteiger charge is 2.13. The van der Waals surface area contributed by atoms with Gasteiger partial charge in [0.2, 0.25) is 5.91 Å². The number of hydrogen-bond donors (Lipinski definition) is 2. The summed E-state index contributed by atoms with van der Waals surface area (Å²) in [6.45, 7) is 1.54. The van der Waals surface area contributed by atoms with E-state index in [1.165, 1.54) is 18.4 Å². The van der Waals surface area contributed by atoms with Gasteiger partial charge in [0.15, 0.2) is 6.61 Å². The number of aryl methyl sites for hydroxylation is 1. The van der Waals surface area contributed by atoms with Gasteiger partial charge in [-0.3, -0.25) is 14.4 Å². The summed E-state index contributed by atoms with van der Waals surface area (Å²) < 4.78 is 10.5. The minimum absolute atomic E-state index is 0.0106. The Hall–Kier alpha value is -3.61. The van der Waals surface area contributed by atoms with E-state index in [0.717, 1.165) is 10.9 Å². The molecule has 0 bridgehead atoms. The van der Waals surface area contributed by atoms with Gasteiger partial charge in [-0.1, -0.05) is 12.1 Å². The Morgan fingerprint density at radius 3 is 2.56 bits per heavy atom. The molecular formula is C20H18N2O5. The molecule has 138 valence electrons. The first kappa shape index (κ1) is 18.2. The van der Waals surface area contributed by atoms with Crippen molar-refractivity contribution < 1.29 is 23.5 Å². The van der Waals surface area contributed by atoms with E-state index in [9.17, 15) is 14.4 Å². The molecule has 7 nitrogen and oxygen atoms in total. The van der Waals surface area contributed by atoms with Gasteiger partial charge in [0, 0.05) is 22.2 Å². The van der Waals surface area contributed by atoms with E-state index in [4.69, 9.17) is 14.9 Å². The summed E-state index contributed by atoms with van der Waals surface area (Å²) in [6.07, 6.45) is 1.53. The van der Waals surface area contributed by atoms with Crippen LogP contribution < -0.4 is 11.1 Å². The molecule has 27 heavy (non-hydrogen) atoms. The van der Waals surface area contributed by atoms with E-state index >= 15 is 0 Å². The van der Waals surface area contributed by atoms with Crippen LogP contribution in [0.1, 0.15) is 21.5 Å². The number of carbonyl (C=O) groups excluding carboxylic acids is 3. The van der Waals surface area contributed by atoms with Gasteiger partial charge < -0.3 is 20.2 Å². The van der Waals surface area contributed by atoms with Crippen LogP contribution in [-0.2, 0) is 20.7 Å². The average molecular weight is 366 g/mol. The van der Waals surface area contributed by atoms with Gasteiger partial charge in [0.05, 0.1) is 12.7 Å². The number of carbonyl (C=O) groups is 3. The summed E-state index contributed by atoms with van der Waals surface area (Å²) >= 11 is 0. The first-order valence-electron chi connectivity index (χ1n) is 8.24. The second-order valence-electron chi connectivity index (χ2n) is 6.09. The molecule has 0 fully saturated rings. The number of primary amides is 1. The van der Waals surface area contributed by atoms with Gasteiger partial charge in [0.25, 0.3) is 5.91 Å². The topological polar surface area (TPSA) is 112 Å². The molecule has 0 aliphatic rings. The van der Waals surface area contributed by atoms with Crippen LogP contribution in [-0.4, -0.2) is 24.4 Å². The summed E-state index contributed by atoms with van der Waals surface area (Å²) in [5.74, 6) is -1.57. The molecule has 2 aromatic carbocycles. The molecule has 2 amide bonds. The highest BCUT2D eigenvalue weighted by Crippen LogP contribution is 2.22. The molecule has 1 heterocycles. The number of anilines is 1. The Kier molecular flexibility index (Phi) is 5.21. The quantitative estimate of drug-likeness (QED) is 0.651. The standard InChI is InChI=1S/C20H18N2O5/c1-12-2-7-16-14(10-26-17(16)8-12)9-19(24)27-11-18(23)22-15-5-3-13(4-6-15)20(21)25/h2-8,10H,9,11H2,1H3,(H2,21,25)(H,22,23). The zero-order valence-electron chi connectivity index (χ0n) is 14.7. The van der Waals surface area contributed by atoms with Crippen LogP contribution in [0.3, 0.4) is 0 Å². The first-order chi connectivity index (χ1) is 12.9. The maximum atomic E-state index is 12.0. The van der Waals surface area contributed by atoms with Crippen LogP contribution in [0.4, 0.5) is 5.69 Å². The van der Waals surface area contributed by atoms with Crippen LogP contribution >= 0.6 is 0 Å². The summed E-state index contributed by atoms with van der Waals surface area (Å²) in [5.41, 5.74) is 8.43. The van der Waals surface area contributed by atoms with E-state index < -0.39 is 24.4 Å². The molecule has 0 radical (unpaired) electrons. The number of hydrogen-bond acceptors (Lipinski definition) is 5. The van der Waals surface area contributed by atoms with Crippen molar-refractivity contribution >= 4 is 34.4 Å². The van der Waals surface area contributed by atoms with Crippen molar-refractivity contribution in [1.29, 1.82) is 0 Å². The van der Waals surface area contributed by atoms with Gasteiger partial charge in [-0.15, -0.1) is 0 Å². The Bertz CT molecular complexity index is 1000. The van der Waals surface area contributed by atoms with E-state index in [-0.39, 0.29) is 6.42 Å². The fourth-order valence-corrected chi connectivity index (χ4v) is 2.59. The maximum absolute atomic E-state index is 12.0. The highest BCUT2D eigenvalue weighted by molar-refractivity contribution is 5.95. The van der Waals surface area contributed by atoms with Gasteiger partial charge in [-0.25, -0.2) is 0 Å². The predicted octanol–water partition coefficient (Wildman–Crippen LogP) is 2.56. The molecule has 3 rings (SSSR count). The fraction of sp³-hybridized carbons (Fsp3) is 0.150. The Balaban J connectivity index is 1.52. The molecule has 1 aromatic heterocycles. The van der Waals surface area contributed by atoms with Crippen molar-refractivity contribution in [2.75, 3.05) is 11.9 Å². The van der Waals surface area contributed by atoms with Crippen LogP contribution in [0, 0.1) is 6.92 Å². The summed E-state index contributed by atoms with van der Waals surface area (Å²) in [4.78, 5) is 34.9. The van der Waals surface area contributed by atoms with Crippen LogP contribution in [0.5, 0.6) is 0 Å². The number of furan rings is 1. The maximum Gasteiger partial charge on any atom is 0.310 e. The Morgan fingerprint density at radius 2 is 1.85 bits per heavy atom. The SMILES string of the molecule is Cc1ccc2c(CC(=O)OCC(=O)Nc3ccc(C(N)=O)cc3)coc2c1. The fourth-order valence-electron chi connectivity index (χ4n) is 2.59. The molecule has 0 aliphatic heterocycles. The molecule has 0 unspecified atom stereocenters. The Labute approximate surface area is 155 Å². The third-order valence-corrected chi connectivity index (χ3v) is 3.96. The number of esters is 1. The summed E-state index contributed by atoms with van der Waals surface area (Å²) in [6, 6.07) is 11.8. The molecule has 0 saturated heterocycles. The van der Waals surface area contributed by atoms with Crippen LogP contribution in [0.2, 0.25) is 0 Å². The number of amides is 2. The monoisotopic (exact) mass is 366 g/mol. The number of nitrogens with one attached hydrogen (secondary N) is 1. The molecule has 0 aliphatic carbocycles. The molecular weight excluding hydrogens is 348 g/mol. The third kappa shape index (κ3) is 4.52. The lowest BCUT2D eigenvalue weighted by Crippen LogP contribution is -2.21. The molecule has 3 N–H and O–H groups in total. The Morgan fingerprint density at radius 1 is 1.11 bits per heavy atom. The van der Waals surface area contributed by atoms with E-state index in [0.29, 0.717) is 22.4 Å². The minimum atomic E-state index is -0.552. The van der Waals surface area contributed by atoms with Crippen molar-refractivity contribution in [3.05, 3.63) is 65.4 Å². The van der Waals surface area contributed by atoms with Crippen molar-refractivity contribution in [2.45, 2.75) is 13.3 Å². The molecule has 0 saturated carbocycles. The third-order valence-electron chi connectivity index (χ3n) is 3.96. The average Bonchev–Trinajstić information content (AvgIpc) is 3.02. The molecule has 0 spiro atoms. The van der Waals surface area contributed by atoms with E-state index in [1.54, 1.807) is 12.1 Å². The summed E-state index contributed by atoms with van der Waals surface area (Å²) in [7, 11) is 0. The zero-order chi connectivity index (χ0) is 19.4. The van der Waals surface area contributed by atoms with Gasteiger partial charge in [-0.05, 0) is 42.8 Å². The number of ether oxygens (including phenoxy) is 1. The number of nitrogens with two attached hydrogens (primary N) is 1. The van der Waals surface area contributed by atoms with Crippen molar-refractivity contribution in [2.24, 2.45) is 5.73 Å². The number of benzene rings is 2. The second-order valence-corrected chi connectivity index (χ2v) is 6.09. The zero-order valence-corrected chi connectivity index (χ0v) is 14.7. The molecule has 7 heteroatoms. The van der Waals surface area contributed by atoms with Crippen molar-refractivity contribution in [3.63, 3.8) is 0 Å². The van der Waals surface area contributed by atoms with Crippen molar-refractivity contribution in [3.8, 4) is 0 Å². The van der Waals surface area contributed by atoms with Crippen LogP contribution in [0.15, 0.2) is 53.1 Å². The van der Waals surface area contributed by atoms with E-state index in [1.807, 2.05) is 25.1 Å². The minimum Gasteiger partial charge on any atom is -0.464 e. The lowest BCUT2D eigenvalue weighted by Gasteiger charge is -2.07.